The van der Waals surface area contributed by atoms with Crippen LogP contribution in [0.3, 0.4) is 0 Å². The van der Waals surface area contributed by atoms with Crippen molar-refractivity contribution in [2.75, 3.05) is 41.1 Å². The number of nitrogens with zero attached hydrogens (tertiary/aromatic N) is 2. The first-order valence-corrected chi connectivity index (χ1v) is 9.79. The molecule has 0 aliphatic carbocycles. The van der Waals surface area contributed by atoms with Gasteiger partial charge in [0.2, 0.25) is 6.79 Å². The molecule has 2 aliphatic heterocycles. The lowest BCUT2D eigenvalue weighted by atomic mass is 9.99. The minimum absolute atomic E-state index is 0. The lowest BCUT2D eigenvalue weighted by Crippen LogP contribution is -2.44. The van der Waals surface area contributed by atoms with Gasteiger partial charge in [0.1, 0.15) is 0 Å². The normalized spacial score (nSPS) is 14.6. The van der Waals surface area contributed by atoms with E-state index < -0.39 is 0 Å². The van der Waals surface area contributed by atoms with Gasteiger partial charge < -0.3 is 29.2 Å². The van der Waals surface area contributed by atoms with Crippen LogP contribution in [0, 0.1) is 0 Å². The zero-order valence-electron chi connectivity index (χ0n) is 17.6. The zero-order chi connectivity index (χ0) is 20.2. The number of methoxy groups -OCH3 is 2. The molecule has 0 unspecified atom stereocenters. The molecule has 8 heteroatoms. The number of rotatable bonds is 5. The minimum Gasteiger partial charge on any atom is -0.493 e. The molecule has 0 fully saturated rings. The Morgan fingerprint density at radius 1 is 1.07 bits per heavy atom. The lowest BCUT2D eigenvalue weighted by Gasteiger charge is -2.32. The summed E-state index contributed by atoms with van der Waals surface area (Å²) in [5.74, 6) is 4.09. The summed E-state index contributed by atoms with van der Waals surface area (Å²) < 4.78 is 21.7. The van der Waals surface area contributed by atoms with Crippen LogP contribution >= 0.6 is 24.0 Å². The molecule has 4 rings (SSSR count). The Morgan fingerprint density at radius 3 is 2.53 bits per heavy atom. The number of hydrogen-bond donors (Lipinski definition) is 1. The zero-order valence-corrected chi connectivity index (χ0v) is 19.9. The van der Waals surface area contributed by atoms with E-state index in [4.69, 9.17) is 18.9 Å². The van der Waals surface area contributed by atoms with Crippen molar-refractivity contribution in [3.63, 3.8) is 0 Å². The SMILES string of the molecule is CN=C(NCCc1ccc2c(c1)OCO2)N1CCc2cc(OC)c(OC)cc2C1.I. The van der Waals surface area contributed by atoms with E-state index in [9.17, 15) is 0 Å². The van der Waals surface area contributed by atoms with Crippen molar-refractivity contribution in [2.45, 2.75) is 19.4 Å². The van der Waals surface area contributed by atoms with E-state index in [1.807, 2.05) is 19.2 Å². The van der Waals surface area contributed by atoms with E-state index in [0.717, 1.165) is 61.4 Å². The molecule has 2 aliphatic rings. The van der Waals surface area contributed by atoms with Crippen molar-refractivity contribution in [3.05, 3.63) is 47.0 Å². The van der Waals surface area contributed by atoms with Crippen LogP contribution in [-0.2, 0) is 19.4 Å². The highest BCUT2D eigenvalue weighted by Crippen LogP contribution is 2.34. The van der Waals surface area contributed by atoms with Gasteiger partial charge in [0.15, 0.2) is 29.0 Å². The summed E-state index contributed by atoms with van der Waals surface area (Å²) in [5, 5.41) is 3.49. The molecule has 2 aromatic carbocycles. The van der Waals surface area contributed by atoms with E-state index in [2.05, 4.69) is 33.4 Å². The molecule has 1 N–H and O–H groups in total. The van der Waals surface area contributed by atoms with E-state index in [0.29, 0.717) is 6.79 Å². The number of halogens is 1. The maximum absolute atomic E-state index is 5.46. The van der Waals surface area contributed by atoms with Gasteiger partial charge in [-0.25, -0.2) is 0 Å². The van der Waals surface area contributed by atoms with Crippen molar-refractivity contribution in [3.8, 4) is 23.0 Å². The third-order valence-corrected chi connectivity index (χ3v) is 5.36. The fourth-order valence-electron chi connectivity index (χ4n) is 3.81. The number of hydrogen-bond acceptors (Lipinski definition) is 5. The average molecular weight is 525 g/mol. The highest BCUT2D eigenvalue weighted by molar-refractivity contribution is 14.0. The van der Waals surface area contributed by atoms with Gasteiger partial charge in [-0.1, -0.05) is 6.07 Å². The standard InChI is InChI=1S/C22H27N3O4.HI/c1-23-22(24-8-6-15-4-5-18-21(10-15)29-14-28-18)25-9-7-16-11-19(26-2)20(27-3)12-17(16)13-25;/h4-5,10-12H,6-9,13-14H2,1-3H3,(H,23,24);1H. The maximum atomic E-state index is 5.46. The van der Waals surface area contributed by atoms with E-state index >= 15 is 0 Å². The molecule has 2 heterocycles. The number of nitrogens with one attached hydrogen (secondary N) is 1. The summed E-state index contributed by atoms with van der Waals surface area (Å²) in [5.41, 5.74) is 3.75. The Bertz CT molecular complexity index is 919. The topological polar surface area (TPSA) is 64.6 Å². The van der Waals surface area contributed by atoms with Crippen molar-refractivity contribution in [2.24, 2.45) is 4.99 Å². The predicted octanol–water partition coefficient (Wildman–Crippen LogP) is 3.23. The molecule has 0 spiro atoms. The second-order valence-corrected chi connectivity index (χ2v) is 7.06. The third kappa shape index (κ3) is 4.69. The summed E-state index contributed by atoms with van der Waals surface area (Å²) in [7, 11) is 5.17. The third-order valence-electron chi connectivity index (χ3n) is 5.36. The molecule has 0 bridgehead atoms. The smallest absolute Gasteiger partial charge is 0.231 e. The molecule has 0 radical (unpaired) electrons. The second-order valence-electron chi connectivity index (χ2n) is 7.06. The van der Waals surface area contributed by atoms with Gasteiger partial charge in [0.05, 0.1) is 14.2 Å². The van der Waals surface area contributed by atoms with Gasteiger partial charge in [-0.2, -0.15) is 0 Å². The molecule has 7 nitrogen and oxygen atoms in total. The Balaban J connectivity index is 0.00000256. The molecule has 30 heavy (non-hydrogen) atoms. The van der Waals surface area contributed by atoms with E-state index in [1.165, 1.54) is 16.7 Å². The molecule has 0 atom stereocenters. The highest BCUT2D eigenvalue weighted by atomic mass is 127. The van der Waals surface area contributed by atoms with Gasteiger partial charge >= 0.3 is 0 Å². The summed E-state index contributed by atoms with van der Waals surface area (Å²) in [6, 6.07) is 10.2. The van der Waals surface area contributed by atoms with E-state index in [-0.39, 0.29) is 24.0 Å². The Morgan fingerprint density at radius 2 is 1.80 bits per heavy atom. The van der Waals surface area contributed by atoms with Crippen molar-refractivity contribution in [1.82, 2.24) is 10.2 Å². The molecule has 0 aromatic heterocycles. The van der Waals surface area contributed by atoms with Crippen molar-refractivity contribution in [1.29, 1.82) is 0 Å². The Kier molecular flexibility index (Phi) is 7.52. The van der Waals surface area contributed by atoms with Crippen molar-refractivity contribution < 1.29 is 18.9 Å². The largest absolute Gasteiger partial charge is 0.493 e. The molecule has 162 valence electrons. The van der Waals surface area contributed by atoms with Gasteiger partial charge in [-0.3, -0.25) is 4.99 Å². The Labute approximate surface area is 194 Å². The summed E-state index contributed by atoms with van der Waals surface area (Å²) in [6.07, 6.45) is 1.82. The number of guanidine groups is 1. The first kappa shape index (κ1) is 22.3. The number of aliphatic imine (C=N–C) groups is 1. The molecular formula is C22H28IN3O4. The van der Waals surface area contributed by atoms with Crippen LogP contribution in [0.5, 0.6) is 23.0 Å². The van der Waals surface area contributed by atoms with Crippen LogP contribution in [0.4, 0.5) is 0 Å². The Hall–Kier alpha value is -2.36. The van der Waals surface area contributed by atoms with Crippen LogP contribution in [-0.4, -0.2) is 52.0 Å². The molecular weight excluding hydrogens is 497 g/mol. The van der Waals surface area contributed by atoms with Gasteiger partial charge in [-0.15, -0.1) is 24.0 Å². The fourth-order valence-corrected chi connectivity index (χ4v) is 3.81. The van der Waals surface area contributed by atoms with Gasteiger partial charge in [-0.05, 0) is 53.8 Å². The number of benzene rings is 2. The number of fused-ring (bicyclic) bond motifs is 2. The first-order valence-electron chi connectivity index (χ1n) is 9.79. The fraction of sp³-hybridized carbons (Fsp3) is 0.409. The molecule has 0 amide bonds. The molecule has 0 saturated heterocycles. The summed E-state index contributed by atoms with van der Waals surface area (Å²) in [4.78, 5) is 6.75. The van der Waals surface area contributed by atoms with Crippen LogP contribution in [0.15, 0.2) is 35.3 Å². The molecule has 0 saturated carbocycles. The van der Waals surface area contributed by atoms with Crippen LogP contribution in [0.1, 0.15) is 16.7 Å². The maximum Gasteiger partial charge on any atom is 0.231 e. The van der Waals surface area contributed by atoms with Crippen LogP contribution in [0.2, 0.25) is 0 Å². The van der Waals surface area contributed by atoms with Gasteiger partial charge in [0, 0.05) is 26.7 Å². The highest BCUT2D eigenvalue weighted by Gasteiger charge is 2.21. The lowest BCUT2D eigenvalue weighted by molar-refractivity contribution is 0.174. The van der Waals surface area contributed by atoms with Gasteiger partial charge in [0.25, 0.3) is 0 Å². The van der Waals surface area contributed by atoms with Crippen LogP contribution < -0.4 is 24.3 Å². The second kappa shape index (κ2) is 10.1. The van der Waals surface area contributed by atoms with Crippen molar-refractivity contribution >= 4 is 29.9 Å². The average Bonchev–Trinajstić information content (AvgIpc) is 3.23. The summed E-state index contributed by atoms with van der Waals surface area (Å²) >= 11 is 0. The van der Waals surface area contributed by atoms with E-state index in [1.54, 1.807) is 14.2 Å². The molecule has 2 aromatic rings. The monoisotopic (exact) mass is 525 g/mol. The minimum atomic E-state index is 0. The predicted molar refractivity (Wildman–Crippen MR) is 127 cm³/mol. The number of ether oxygens (including phenoxy) is 4. The summed E-state index contributed by atoms with van der Waals surface area (Å²) in [6.45, 7) is 2.80. The van der Waals surface area contributed by atoms with Crippen LogP contribution in [0.25, 0.3) is 0 Å². The quantitative estimate of drug-likeness (QED) is 0.368. The first-order chi connectivity index (χ1) is 14.2.